The molecule has 13 heteroatoms. The zero-order valence-electron chi connectivity index (χ0n) is 18.5. The second-order valence-corrected chi connectivity index (χ2v) is 8.99. The van der Waals surface area contributed by atoms with Gasteiger partial charge in [0.1, 0.15) is 16.5 Å². The number of hydrazone groups is 1. The number of thiophene rings is 1. The first-order valence-electron chi connectivity index (χ1n) is 9.55. The van der Waals surface area contributed by atoms with E-state index in [0.29, 0.717) is 10.4 Å². The van der Waals surface area contributed by atoms with Crippen LogP contribution in [0.1, 0.15) is 44.2 Å². The second-order valence-electron chi connectivity index (χ2n) is 7.96. The average molecular weight is 478 g/mol. The average Bonchev–Trinajstić information content (AvgIpc) is 2.96. The lowest BCUT2D eigenvalue weighted by molar-refractivity contribution is -0.164. The molecule has 2 aromatic rings. The zero-order chi connectivity index (χ0) is 24.4. The molecule has 178 valence electrons. The molecule has 0 aliphatic carbocycles. The number of hydrogen-bond donors (Lipinski definition) is 1. The number of aromatic nitrogens is 2. The summed E-state index contributed by atoms with van der Waals surface area (Å²) in [5.74, 6) is 0. The van der Waals surface area contributed by atoms with E-state index in [1.165, 1.54) is 20.2 Å². The van der Waals surface area contributed by atoms with Gasteiger partial charge in [0.25, 0.3) is 5.56 Å². The highest BCUT2D eigenvalue weighted by molar-refractivity contribution is 7.20. The number of alkyl halides is 3. The smallest absolute Gasteiger partial charge is 0.428 e. The fourth-order valence-electron chi connectivity index (χ4n) is 2.82. The Morgan fingerprint density at radius 1 is 1.28 bits per heavy atom. The number of aryl methyl sites for hydroxylation is 1. The quantitative estimate of drug-likeness (QED) is 0.507. The number of halogens is 3. The summed E-state index contributed by atoms with van der Waals surface area (Å²) >= 11 is 0.993. The number of carbonyl (C=O) groups is 1. The largest absolute Gasteiger partial charge is 0.443 e. The minimum atomic E-state index is -4.79. The number of hydrogen-bond acceptors (Lipinski definition) is 7. The molecule has 0 aliphatic heterocycles. The Morgan fingerprint density at radius 3 is 2.44 bits per heavy atom. The molecular weight excluding hydrogens is 453 g/mol. The first-order chi connectivity index (χ1) is 14.7. The Balaban J connectivity index is 2.61. The summed E-state index contributed by atoms with van der Waals surface area (Å²) in [4.78, 5) is 38.1. The van der Waals surface area contributed by atoms with Crippen molar-refractivity contribution in [2.24, 2.45) is 5.10 Å². The summed E-state index contributed by atoms with van der Waals surface area (Å²) in [7, 11) is 1.39. The van der Waals surface area contributed by atoms with E-state index in [2.05, 4.69) is 10.5 Å². The highest BCUT2D eigenvalue weighted by atomic mass is 32.1. The van der Waals surface area contributed by atoms with Crippen LogP contribution in [-0.4, -0.2) is 46.9 Å². The van der Waals surface area contributed by atoms with Crippen molar-refractivity contribution in [1.82, 2.24) is 14.6 Å². The van der Waals surface area contributed by atoms with Crippen molar-refractivity contribution < 1.29 is 27.4 Å². The van der Waals surface area contributed by atoms with Crippen molar-refractivity contribution in [2.45, 2.75) is 59.0 Å². The molecule has 0 bridgehead atoms. The molecule has 2 rings (SSSR count). The van der Waals surface area contributed by atoms with Crippen LogP contribution in [0.5, 0.6) is 0 Å². The van der Waals surface area contributed by atoms with Gasteiger partial charge in [0.05, 0.1) is 29.6 Å². The van der Waals surface area contributed by atoms with Crippen LogP contribution >= 0.6 is 11.3 Å². The van der Waals surface area contributed by atoms with E-state index >= 15 is 0 Å². The fourth-order valence-corrected chi connectivity index (χ4v) is 4.01. The minimum absolute atomic E-state index is 0.0273. The lowest BCUT2D eigenvalue weighted by Gasteiger charge is -2.19. The van der Waals surface area contributed by atoms with Gasteiger partial charge in [-0.3, -0.25) is 9.36 Å². The number of rotatable bonds is 6. The molecule has 1 atom stereocenters. The van der Waals surface area contributed by atoms with E-state index in [4.69, 9.17) is 9.47 Å². The first-order valence-corrected chi connectivity index (χ1v) is 10.4. The Morgan fingerprint density at radius 2 is 1.91 bits per heavy atom. The molecule has 0 saturated heterocycles. The monoisotopic (exact) mass is 478 g/mol. The van der Waals surface area contributed by atoms with Crippen LogP contribution in [-0.2, 0) is 16.0 Å². The lowest BCUT2D eigenvalue weighted by Crippen LogP contribution is -2.45. The number of nitrogens with zero attached hydrogens (tertiary/aromatic N) is 3. The molecule has 2 heterocycles. The van der Waals surface area contributed by atoms with Crippen LogP contribution < -0.4 is 16.7 Å². The van der Waals surface area contributed by atoms with Crippen LogP contribution in [0.25, 0.3) is 10.2 Å². The third kappa shape index (κ3) is 5.57. The van der Waals surface area contributed by atoms with Crippen molar-refractivity contribution in [2.75, 3.05) is 13.7 Å². The van der Waals surface area contributed by atoms with Gasteiger partial charge in [-0.05, 0) is 40.2 Å². The maximum absolute atomic E-state index is 13.3. The molecule has 0 spiro atoms. The number of methoxy groups -OCH3 is 1. The van der Waals surface area contributed by atoms with Crippen LogP contribution in [0.15, 0.2) is 14.7 Å². The third-order valence-corrected chi connectivity index (χ3v) is 5.65. The maximum Gasteiger partial charge on any atom is 0.428 e. The molecule has 0 saturated carbocycles. The Hall–Kier alpha value is -2.67. The number of amides is 1. The van der Waals surface area contributed by atoms with Gasteiger partial charge >= 0.3 is 18.0 Å². The van der Waals surface area contributed by atoms with Gasteiger partial charge in [-0.2, -0.15) is 18.3 Å². The van der Waals surface area contributed by atoms with Gasteiger partial charge in [-0.1, -0.05) is 0 Å². The maximum atomic E-state index is 13.3. The Labute approximate surface area is 185 Å². The normalized spacial score (nSPS) is 13.7. The highest BCUT2D eigenvalue weighted by Crippen LogP contribution is 2.30. The fraction of sp³-hybridized carbons (Fsp3) is 0.579. The number of fused-ring (bicyclic) bond motifs is 1. The van der Waals surface area contributed by atoms with Crippen LogP contribution in [0.2, 0.25) is 0 Å². The summed E-state index contributed by atoms with van der Waals surface area (Å²) in [6.07, 6.45) is -4.35. The summed E-state index contributed by atoms with van der Waals surface area (Å²) in [5.41, 5.74) is -0.348. The highest BCUT2D eigenvalue weighted by Gasteiger charge is 2.40. The van der Waals surface area contributed by atoms with Crippen LogP contribution in [0.3, 0.4) is 0 Å². The topological polar surface area (TPSA) is 104 Å². The summed E-state index contributed by atoms with van der Waals surface area (Å²) in [6.45, 7) is 7.32. The van der Waals surface area contributed by atoms with Crippen molar-refractivity contribution in [3.63, 3.8) is 0 Å². The van der Waals surface area contributed by atoms with Crippen molar-refractivity contribution in [3.05, 3.63) is 31.3 Å². The minimum Gasteiger partial charge on any atom is -0.443 e. The molecule has 32 heavy (non-hydrogen) atoms. The lowest BCUT2D eigenvalue weighted by atomic mass is 10.2. The molecule has 1 N–H and O–H groups in total. The van der Waals surface area contributed by atoms with E-state index < -0.39 is 35.2 Å². The molecule has 1 unspecified atom stereocenters. The van der Waals surface area contributed by atoms with E-state index in [1.807, 2.05) is 0 Å². The van der Waals surface area contributed by atoms with Gasteiger partial charge in [0, 0.05) is 7.11 Å². The second kappa shape index (κ2) is 9.45. The van der Waals surface area contributed by atoms with Gasteiger partial charge in [0.15, 0.2) is 0 Å². The zero-order valence-corrected chi connectivity index (χ0v) is 19.3. The van der Waals surface area contributed by atoms with E-state index in [0.717, 1.165) is 22.8 Å². The standard InChI is InChI=1S/C19H25F3N4O5S/c1-10-12(9-23-24-16(28)31-18(3,4)5)32-15-13(10)14(27)26(11(2)19(20,21)22)17(29)25(15)7-8-30-6/h9,11H,7-8H2,1-6H3,(H,24,28)/b23-9+. The molecule has 0 aromatic carbocycles. The molecular formula is C19H25F3N4O5S. The third-order valence-electron chi connectivity index (χ3n) is 4.40. The van der Waals surface area contributed by atoms with Gasteiger partial charge in [-0.15, -0.1) is 11.3 Å². The Kier molecular flexibility index (Phi) is 7.55. The molecule has 2 aromatic heterocycles. The summed E-state index contributed by atoms with van der Waals surface area (Å²) in [5, 5.41) is 3.76. The van der Waals surface area contributed by atoms with Gasteiger partial charge in [0.2, 0.25) is 0 Å². The van der Waals surface area contributed by atoms with E-state index in [1.54, 1.807) is 20.8 Å². The van der Waals surface area contributed by atoms with Crippen molar-refractivity contribution in [1.29, 1.82) is 0 Å². The molecule has 1 amide bonds. The number of nitrogens with one attached hydrogen (secondary N) is 1. The van der Waals surface area contributed by atoms with E-state index in [-0.39, 0.29) is 27.9 Å². The molecule has 0 aliphatic rings. The molecule has 9 nitrogen and oxygen atoms in total. The predicted molar refractivity (Wildman–Crippen MR) is 115 cm³/mol. The van der Waals surface area contributed by atoms with Crippen LogP contribution in [0, 0.1) is 6.92 Å². The SMILES string of the molecule is COCCn1c(=O)n(C(C)C(F)(F)F)c(=O)c2c(C)c(/C=N/NC(=O)OC(C)(C)C)sc21. The summed E-state index contributed by atoms with van der Waals surface area (Å²) < 4.78 is 51.3. The van der Waals surface area contributed by atoms with Crippen LogP contribution in [0.4, 0.5) is 18.0 Å². The molecule has 0 fully saturated rings. The molecule has 0 radical (unpaired) electrons. The number of ether oxygens (including phenoxy) is 2. The first kappa shape index (κ1) is 25.6. The van der Waals surface area contributed by atoms with Crippen molar-refractivity contribution in [3.8, 4) is 0 Å². The van der Waals surface area contributed by atoms with Gasteiger partial charge in [-0.25, -0.2) is 19.6 Å². The van der Waals surface area contributed by atoms with Gasteiger partial charge < -0.3 is 9.47 Å². The predicted octanol–water partition coefficient (Wildman–Crippen LogP) is 3.16. The Bertz CT molecular complexity index is 1140. The van der Waals surface area contributed by atoms with Crippen molar-refractivity contribution >= 4 is 33.9 Å². The number of carbonyl (C=O) groups excluding carboxylic acids is 1. The summed E-state index contributed by atoms with van der Waals surface area (Å²) in [6, 6.07) is -2.31. The van der Waals surface area contributed by atoms with E-state index in [9.17, 15) is 27.6 Å².